The Morgan fingerprint density at radius 1 is 1.17 bits per heavy atom. The third-order valence-corrected chi connectivity index (χ3v) is 3.70. The maximum absolute atomic E-state index is 12.0. The van der Waals surface area contributed by atoms with Crippen molar-refractivity contribution in [1.82, 2.24) is 0 Å². The van der Waals surface area contributed by atoms with E-state index in [-0.39, 0.29) is 12.0 Å². The molecule has 3 unspecified atom stereocenters. The second-order valence-electron chi connectivity index (χ2n) is 6.22. The first-order chi connectivity index (χ1) is 8.09. The van der Waals surface area contributed by atoms with E-state index >= 15 is 0 Å². The highest BCUT2D eigenvalue weighted by Gasteiger charge is 2.36. The standard InChI is InChI=1S/C13H23F3O2/c1-12(2,3)9-4-5-10(17)11(8-9)18-7-6-13(14,15)16/h9-11,17H,4-8H2,1-3H3. The number of ether oxygens (including phenoxy) is 1. The molecular weight excluding hydrogens is 245 g/mol. The van der Waals surface area contributed by atoms with Gasteiger partial charge in [0.2, 0.25) is 0 Å². The molecule has 1 saturated carbocycles. The van der Waals surface area contributed by atoms with Crippen LogP contribution in [0.1, 0.15) is 46.5 Å². The van der Waals surface area contributed by atoms with E-state index in [9.17, 15) is 18.3 Å². The Balaban J connectivity index is 2.43. The maximum Gasteiger partial charge on any atom is 0.391 e. The summed E-state index contributed by atoms with van der Waals surface area (Å²) in [6.45, 7) is 5.98. The highest BCUT2D eigenvalue weighted by Crippen LogP contribution is 2.39. The predicted molar refractivity (Wildman–Crippen MR) is 63.2 cm³/mol. The summed E-state index contributed by atoms with van der Waals surface area (Å²) >= 11 is 0. The zero-order valence-electron chi connectivity index (χ0n) is 11.3. The van der Waals surface area contributed by atoms with Gasteiger partial charge in [-0.05, 0) is 30.6 Å². The molecule has 1 aliphatic carbocycles. The SMILES string of the molecule is CC(C)(C)C1CCC(O)C(OCCC(F)(F)F)C1. The van der Waals surface area contributed by atoms with Crippen molar-refractivity contribution in [1.29, 1.82) is 0 Å². The molecule has 0 aliphatic heterocycles. The first kappa shape index (κ1) is 15.8. The quantitative estimate of drug-likeness (QED) is 0.848. The summed E-state index contributed by atoms with van der Waals surface area (Å²) in [5, 5.41) is 9.78. The van der Waals surface area contributed by atoms with Gasteiger partial charge in [0, 0.05) is 0 Å². The first-order valence-electron chi connectivity index (χ1n) is 6.46. The van der Waals surface area contributed by atoms with Crippen LogP contribution in [0.15, 0.2) is 0 Å². The molecule has 5 heteroatoms. The van der Waals surface area contributed by atoms with Crippen molar-refractivity contribution in [2.45, 2.75) is 64.8 Å². The molecule has 0 radical (unpaired) electrons. The topological polar surface area (TPSA) is 29.5 Å². The highest BCUT2D eigenvalue weighted by molar-refractivity contribution is 4.86. The lowest BCUT2D eigenvalue weighted by atomic mass is 9.71. The minimum atomic E-state index is -4.19. The van der Waals surface area contributed by atoms with Gasteiger partial charge in [-0.15, -0.1) is 0 Å². The Morgan fingerprint density at radius 2 is 1.78 bits per heavy atom. The number of rotatable bonds is 3. The van der Waals surface area contributed by atoms with E-state index in [2.05, 4.69) is 20.8 Å². The molecule has 0 saturated heterocycles. The van der Waals surface area contributed by atoms with E-state index in [1.807, 2.05) is 0 Å². The van der Waals surface area contributed by atoms with E-state index < -0.39 is 24.8 Å². The second-order valence-corrected chi connectivity index (χ2v) is 6.22. The molecule has 1 rings (SSSR count). The van der Waals surface area contributed by atoms with Crippen LogP contribution in [0.3, 0.4) is 0 Å². The Hall–Kier alpha value is -0.290. The molecule has 0 bridgehead atoms. The molecule has 0 amide bonds. The molecular formula is C13H23F3O2. The van der Waals surface area contributed by atoms with Crippen molar-refractivity contribution in [2.24, 2.45) is 11.3 Å². The fourth-order valence-electron chi connectivity index (χ4n) is 2.40. The molecule has 1 N–H and O–H groups in total. The van der Waals surface area contributed by atoms with Crippen molar-refractivity contribution in [3.63, 3.8) is 0 Å². The van der Waals surface area contributed by atoms with Crippen LogP contribution in [0.5, 0.6) is 0 Å². The lowest BCUT2D eigenvalue weighted by Gasteiger charge is -2.39. The Morgan fingerprint density at radius 3 is 2.28 bits per heavy atom. The van der Waals surface area contributed by atoms with Crippen LogP contribution < -0.4 is 0 Å². The Labute approximate surface area is 107 Å². The molecule has 18 heavy (non-hydrogen) atoms. The van der Waals surface area contributed by atoms with E-state index in [0.717, 1.165) is 6.42 Å². The zero-order valence-corrected chi connectivity index (χ0v) is 11.3. The summed E-state index contributed by atoms with van der Waals surface area (Å²) in [6, 6.07) is 0. The fraction of sp³-hybridized carbons (Fsp3) is 1.00. The van der Waals surface area contributed by atoms with Crippen LogP contribution >= 0.6 is 0 Å². The van der Waals surface area contributed by atoms with Crippen molar-refractivity contribution in [2.75, 3.05) is 6.61 Å². The van der Waals surface area contributed by atoms with Gasteiger partial charge >= 0.3 is 6.18 Å². The lowest BCUT2D eigenvalue weighted by molar-refractivity contribution is -0.159. The van der Waals surface area contributed by atoms with E-state index in [4.69, 9.17) is 4.74 Å². The molecule has 0 aromatic carbocycles. The molecule has 0 heterocycles. The van der Waals surface area contributed by atoms with E-state index in [1.165, 1.54) is 0 Å². The van der Waals surface area contributed by atoms with Crippen molar-refractivity contribution in [3.8, 4) is 0 Å². The predicted octanol–water partition coefficient (Wildman–Crippen LogP) is 3.53. The summed E-state index contributed by atoms with van der Waals surface area (Å²) in [7, 11) is 0. The molecule has 0 aromatic heterocycles. The maximum atomic E-state index is 12.0. The average Bonchev–Trinajstić information content (AvgIpc) is 2.17. The van der Waals surface area contributed by atoms with Gasteiger partial charge in [-0.3, -0.25) is 0 Å². The van der Waals surface area contributed by atoms with Crippen LogP contribution in [0.2, 0.25) is 0 Å². The van der Waals surface area contributed by atoms with Crippen molar-refractivity contribution < 1.29 is 23.0 Å². The third kappa shape index (κ3) is 5.14. The normalized spacial score (nSPS) is 30.5. The monoisotopic (exact) mass is 268 g/mol. The van der Waals surface area contributed by atoms with Gasteiger partial charge in [0.05, 0.1) is 25.2 Å². The average molecular weight is 268 g/mol. The minimum absolute atomic E-state index is 0.103. The van der Waals surface area contributed by atoms with Gasteiger partial charge in [0.25, 0.3) is 0 Å². The first-order valence-corrected chi connectivity index (χ1v) is 6.46. The van der Waals surface area contributed by atoms with E-state index in [1.54, 1.807) is 0 Å². The number of halogens is 3. The van der Waals surface area contributed by atoms with Gasteiger partial charge in [-0.2, -0.15) is 13.2 Å². The van der Waals surface area contributed by atoms with Crippen LogP contribution in [0.4, 0.5) is 13.2 Å². The summed E-state index contributed by atoms with van der Waals surface area (Å²) in [5.41, 5.74) is 0.103. The van der Waals surface area contributed by atoms with Gasteiger partial charge in [0.15, 0.2) is 0 Å². The summed E-state index contributed by atoms with van der Waals surface area (Å²) in [6.07, 6.45) is -4.06. The van der Waals surface area contributed by atoms with Crippen molar-refractivity contribution in [3.05, 3.63) is 0 Å². The second kappa shape index (κ2) is 5.78. The summed E-state index contributed by atoms with van der Waals surface area (Å²) in [5.74, 6) is 0.386. The van der Waals surface area contributed by atoms with Gasteiger partial charge < -0.3 is 9.84 Å². The van der Waals surface area contributed by atoms with Crippen molar-refractivity contribution >= 4 is 0 Å². The number of aliphatic hydroxyl groups excluding tert-OH is 1. The van der Waals surface area contributed by atoms with Gasteiger partial charge in [-0.1, -0.05) is 20.8 Å². The molecule has 2 nitrogen and oxygen atoms in total. The summed E-state index contributed by atoms with van der Waals surface area (Å²) in [4.78, 5) is 0. The number of hydrogen-bond donors (Lipinski definition) is 1. The molecule has 108 valence electrons. The third-order valence-electron chi connectivity index (χ3n) is 3.70. The number of aliphatic hydroxyl groups is 1. The Bertz CT molecular complexity index is 258. The van der Waals surface area contributed by atoms with Crippen LogP contribution in [0.25, 0.3) is 0 Å². The van der Waals surface area contributed by atoms with Crippen LogP contribution in [-0.2, 0) is 4.74 Å². The largest absolute Gasteiger partial charge is 0.391 e. The summed E-state index contributed by atoms with van der Waals surface area (Å²) < 4.78 is 41.3. The van der Waals surface area contributed by atoms with Gasteiger partial charge in [0.1, 0.15) is 0 Å². The highest BCUT2D eigenvalue weighted by atomic mass is 19.4. The molecule has 0 aromatic rings. The smallest absolute Gasteiger partial charge is 0.390 e. The molecule has 1 fully saturated rings. The number of hydrogen-bond acceptors (Lipinski definition) is 2. The van der Waals surface area contributed by atoms with Crippen LogP contribution in [0, 0.1) is 11.3 Å². The molecule has 3 atom stereocenters. The fourth-order valence-corrected chi connectivity index (χ4v) is 2.40. The van der Waals surface area contributed by atoms with Crippen LogP contribution in [-0.4, -0.2) is 30.1 Å². The number of alkyl halides is 3. The minimum Gasteiger partial charge on any atom is -0.390 e. The zero-order chi connectivity index (χ0) is 14.0. The van der Waals surface area contributed by atoms with E-state index in [0.29, 0.717) is 18.8 Å². The molecule has 0 spiro atoms. The Kier molecular flexibility index (Phi) is 5.06. The molecule has 1 aliphatic rings. The lowest BCUT2D eigenvalue weighted by Crippen LogP contribution is -2.40. The van der Waals surface area contributed by atoms with Gasteiger partial charge in [-0.25, -0.2) is 0 Å².